The lowest BCUT2D eigenvalue weighted by molar-refractivity contribution is -0.122. The van der Waals surface area contributed by atoms with Gasteiger partial charge in [-0.2, -0.15) is 11.8 Å². The topological polar surface area (TPSA) is 66.5 Å². The van der Waals surface area contributed by atoms with E-state index < -0.39 is 21.9 Å². The number of carbonyl (C=O) groups excluding carboxylic acids is 1. The van der Waals surface area contributed by atoms with E-state index in [9.17, 15) is 17.6 Å². The number of hydrogen-bond donors (Lipinski definition) is 1. The van der Waals surface area contributed by atoms with Crippen molar-refractivity contribution in [3.8, 4) is 0 Å². The van der Waals surface area contributed by atoms with Crippen LogP contribution in [-0.2, 0) is 20.6 Å². The summed E-state index contributed by atoms with van der Waals surface area (Å²) in [5.41, 5.74) is 1.35. The molecule has 29 heavy (non-hydrogen) atoms. The molecule has 0 radical (unpaired) electrons. The van der Waals surface area contributed by atoms with Crippen molar-refractivity contribution in [3.63, 3.8) is 0 Å². The predicted molar refractivity (Wildman–Crippen MR) is 118 cm³/mol. The zero-order valence-corrected chi connectivity index (χ0v) is 18.7. The minimum Gasteiger partial charge on any atom is -0.353 e. The van der Waals surface area contributed by atoms with Crippen LogP contribution in [-0.4, -0.2) is 38.9 Å². The number of hydrogen-bond acceptors (Lipinski definition) is 4. The van der Waals surface area contributed by atoms with Gasteiger partial charge in [0.15, 0.2) is 0 Å². The van der Waals surface area contributed by atoms with Crippen molar-refractivity contribution in [1.29, 1.82) is 0 Å². The molecule has 5 nitrogen and oxygen atoms in total. The summed E-state index contributed by atoms with van der Waals surface area (Å²) < 4.78 is 38.9. The summed E-state index contributed by atoms with van der Waals surface area (Å²) in [5.74, 6) is 0.574. The molecular weight excluding hydrogens is 435 g/mol. The number of benzene rings is 2. The molecule has 0 aliphatic heterocycles. The van der Waals surface area contributed by atoms with E-state index >= 15 is 0 Å². The normalized spacial score (nSPS) is 12.4. The Balaban J connectivity index is 1.95. The Morgan fingerprint density at radius 2 is 1.93 bits per heavy atom. The largest absolute Gasteiger partial charge is 0.353 e. The first-order chi connectivity index (χ1) is 13.7. The van der Waals surface area contributed by atoms with E-state index in [1.807, 2.05) is 24.3 Å². The smallest absolute Gasteiger partial charge is 0.243 e. The van der Waals surface area contributed by atoms with E-state index in [1.165, 1.54) is 24.3 Å². The molecule has 2 rings (SSSR count). The molecule has 2 aromatic rings. The van der Waals surface area contributed by atoms with Gasteiger partial charge in [-0.15, -0.1) is 0 Å². The molecule has 0 spiro atoms. The van der Waals surface area contributed by atoms with Gasteiger partial charge in [0, 0.05) is 23.1 Å². The molecule has 0 aliphatic rings. The van der Waals surface area contributed by atoms with E-state index in [2.05, 4.69) is 5.32 Å². The highest BCUT2D eigenvalue weighted by atomic mass is 35.5. The molecule has 0 unspecified atom stereocenters. The molecule has 0 saturated heterocycles. The molecule has 1 N–H and O–H groups in total. The average molecular weight is 459 g/mol. The third kappa shape index (κ3) is 7.21. The van der Waals surface area contributed by atoms with Gasteiger partial charge < -0.3 is 5.32 Å². The Bertz CT molecular complexity index is 924. The molecule has 1 amide bonds. The SMILES string of the molecule is CC[C@@H](C(=O)NCCSCc1cccc(Cl)c1)N(c1ccc(F)cc1)S(C)(=O)=O. The number of halogens is 2. The van der Waals surface area contributed by atoms with E-state index in [0.29, 0.717) is 17.3 Å². The Hall–Kier alpha value is -1.77. The van der Waals surface area contributed by atoms with Gasteiger partial charge in [0.25, 0.3) is 0 Å². The first-order valence-corrected chi connectivity index (χ1v) is 12.5. The summed E-state index contributed by atoms with van der Waals surface area (Å²) in [6.45, 7) is 2.14. The molecule has 0 heterocycles. The maximum Gasteiger partial charge on any atom is 0.243 e. The van der Waals surface area contributed by atoms with Crippen molar-refractivity contribution < 1.29 is 17.6 Å². The van der Waals surface area contributed by atoms with Crippen LogP contribution >= 0.6 is 23.4 Å². The van der Waals surface area contributed by atoms with Crippen LogP contribution in [0.25, 0.3) is 0 Å². The number of nitrogens with zero attached hydrogens (tertiary/aromatic N) is 1. The Labute approximate surface area is 180 Å². The van der Waals surface area contributed by atoms with Gasteiger partial charge in [0.2, 0.25) is 15.9 Å². The highest BCUT2D eigenvalue weighted by Gasteiger charge is 2.31. The predicted octanol–water partition coefficient (Wildman–Crippen LogP) is 4.07. The second kappa shape index (κ2) is 10.8. The molecule has 0 saturated carbocycles. The number of rotatable bonds is 10. The Kier molecular flexibility index (Phi) is 8.79. The molecule has 9 heteroatoms. The zero-order chi connectivity index (χ0) is 21.4. The van der Waals surface area contributed by atoms with Crippen molar-refractivity contribution in [3.05, 3.63) is 64.9 Å². The molecule has 0 aromatic heterocycles. The average Bonchev–Trinajstić information content (AvgIpc) is 2.65. The molecule has 0 fully saturated rings. The quantitative estimate of drug-likeness (QED) is 0.545. The number of thioether (sulfide) groups is 1. The third-order valence-corrected chi connectivity index (χ3v) is 6.56. The molecular formula is C20H24ClFN2O3S2. The van der Waals surface area contributed by atoms with Gasteiger partial charge in [0.1, 0.15) is 11.9 Å². The number of anilines is 1. The van der Waals surface area contributed by atoms with Crippen LogP contribution in [0.3, 0.4) is 0 Å². The van der Waals surface area contributed by atoms with Crippen molar-refractivity contribution in [2.45, 2.75) is 25.1 Å². The summed E-state index contributed by atoms with van der Waals surface area (Å²) in [4.78, 5) is 12.7. The number of amides is 1. The van der Waals surface area contributed by atoms with E-state index in [1.54, 1.807) is 18.7 Å². The standard InChI is InChI=1S/C20H24ClFN2O3S2/c1-3-19(24(29(2,26)27)18-9-7-17(22)8-10-18)20(25)23-11-12-28-14-15-5-4-6-16(21)13-15/h4-10,13,19H,3,11-12,14H2,1-2H3,(H,23,25)/t19-/m0/s1. The summed E-state index contributed by atoms with van der Waals surface area (Å²) >= 11 is 7.60. The fourth-order valence-electron chi connectivity index (χ4n) is 2.83. The Morgan fingerprint density at radius 1 is 1.24 bits per heavy atom. The molecule has 2 aromatic carbocycles. The van der Waals surface area contributed by atoms with Gasteiger partial charge >= 0.3 is 0 Å². The first-order valence-electron chi connectivity index (χ1n) is 9.07. The number of carbonyl (C=O) groups is 1. The second-order valence-corrected chi connectivity index (χ2v) is 9.83. The van der Waals surface area contributed by atoms with Crippen LogP contribution < -0.4 is 9.62 Å². The monoisotopic (exact) mass is 458 g/mol. The molecule has 158 valence electrons. The molecule has 1 atom stereocenters. The van der Waals surface area contributed by atoms with Gasteiger partial charge in [-0.25, -0.2) is 12.8 Å². The van der Waals surface area contributed by atoms with Gasteiger partial charge in [0.05, 0.1) is 11.9 Å². The molecule has 0 bridgehead atoms. The lowest BCUT2D eigenvalue weighted by atomic mass is 10.2. The lowest BCUT2D eigenvalue weighted by Gasteiger charge is -2.30. The minimum absolute atomic E-state index is 0.256. The van der Waals surface area contributed by atoms with Gasteiger partial charge in [-0.05, 0) is 48.4 Å². The third-order valence-electron chi connectivity index (χ3n) is 4.11. The van der Waals surface area contributed by atoms with E-state index in [0.717, 1.165) is 21.9 Å². The second-order valence-electron chi connectivity index (χ2n) is 6.43. The highest BCUT2D eigenvalue weighted by Crippen LogP contribution is 2.23. The van der Waals surface area contributed by atoms with Crippen molar-refractivity contribution in [1.82, 2.24) is 5.32 Å². The van der Waals surface area contributed by atoms with Crippen molar-refractivity contribution in [2.24, 2.45) is 0 Å². The summed E-state index contributed by atoms with van der Waals surface area (Å²) in [6, 6.07) is 11.7. The fraction of sp³-hybridized carbons (Fsp3) is 0.350. The summed E-state index contributed by atoms with van der Waals surface area (Å²) in [7, 11) is -3.73. The van der Waals surface area contributed by atoms with Crippen LogP contribution in [0.2, 0.25) is 5.02 Å². The number of sulfonamides is 1. The van der Waals surface area contributed by atoms with Crippen LogP contribution in [0.15, 0.2) is 48.5 Å². The van der Waals surface area contributed by atoms with E-state index in [4.69, 9.17) is 11.6 Å². The van der Waals surface area contributed by atoms with E-state index in [-0.39, 0.29) is 18.0 Å². The van der Waals surface area contributed by atoms with Gasteiger partial charge in [-0.1, -0.05) is 30.7 Å². The van der Waals surface area contributed by atoms with Crippen molar-refractivity contribution in [2.75, 3.05) is 22.9 Å². The maximum absolute atomic E-state index is 13.2. The summed E-state index contributed by atoms with van der Waals surface area (Å²) in [6.07, 6.45) is 1.32. The maximum atomic E-state index is 13.2. The van der Waals surface area contributed by atoms with Crippen molar-refractivity contribution >= 4 is 45.0 Å². The highest BCUT2D eigenvalue weighted by molar-refractivity contribution is 7.98. The van der Waals surface area contributed by atoms with Gasteiger partial charge in [-0.3, -0.25) is 9.10 Å². The first kappa shape index (κ1) is 23.5. The van der Waals surface area contributed by atoms with Crippen LogP contribution in [0.5, 0.6) is 0 Å². The van der Waals surface area contributed by atoms with Crippen LogP contribution in [0, 0.1) is 5.82 Å². The van der Waals surface area contributed by atoms with Crippen LogP contribution in [0.4, 0.5) is 10.1 Å². The zero-order valence-electron chi connectivity index (χ0n) is 16.3. The summed E-state index contributed by atoms with van der Waals surface area (Å²) in [5, 5.41) is 3.48. The Morgan fingerprint density at radius 3 is 2.52 bits per heavy atom. The minimum atomic E-state index is -3.73. The lowest BCUT2D eigenvalue weighted by Crippen LogP contribution is -2.49. The van der Waals surface area contributed by atoms with Crippen LogP contribution in [0.1, 0.15) is 18.9 Å². The number of nitrogens with one attached hydrogen (secondary N) is 1. The fourth-order valence-corrected chi connectivity index (χ4v) is 5.06. The molecule has 0 aliphatic carbocycles.